The summed E-state index contributed by atoms with van der Waals surface area (Å²) in [6.07, 6.45) is 3.43. The number of aliphatic hydroxyl groups excluding tert-OH is 1. The lowest BCUT2D eigenvalue weighted by atomic mass is 10.0. The maximum Gasteiger partial charge on any atom is 0.246 e. The molecule has 0 aromatic carbocycles. The van der Waals surface area contributed by atoms with Crippen LogP contribution in [0, 0.1) is 5.92 Å². The fourth-order valence-electron chi connectivity index (χ4n) is 2.22. The molecule has 1 N–H and O–H groups in total. The van der Waals surface area contributed by atoms with Crippen LogP contribution in [0.5, 0.6) is 0 Å². The van der Waals surface area contributed by atoms with Crippen LogP contribution in [-0.2, 0) is 10.0 Å². The Morgan fingerprint density at radius 2 is 2.33 bits per heavy atom. The third-order valence-electron chi connectivity index (χ3n) is 3.34. The van der Waals surface area contributed by atoms with E-state index in [-0.39, 0.29) is 28.5 Å². The summed E-state index contributed by atoms with van der Waals surface area (Å²) in [5.41, 5.74) is 0. The smallest absolute Gasteiger partial charge is 0.246 e. The number of sulfonamides is 1. The predicted molar refractivity (Wildman–Crippen MR) is 67.8 cm³/mol. The average Bonchev–Trinajstić information content (AvgIpc) is 2.71. The number of pyridine rings is 1. The molecule has 1 aromatic heterocycles. The highest BCUT2D eigenvalue weighted by Gasteiger charge is 2.39. The lowest BCUT2D eigenvalue weighted by molar-refractivity contribution is 0.191. The molecule has 1 aliphatic heterocycles. The molecule has 18 heavy (non-hydrogen) atoms. The van der Waals surface area contributed by atoms with E-state index in [0.717, 1.165) is 6.42 Å². The third kappa shape index (κ3) is 2.25. The van der Waals surface area contributed by atoms with E-state index in [1.165, 1.54) is 22.8 Å². The van der Waals surface area contributed by atoms with Crippen molar-refractivity contribution in [3.05, 3.63) is 23.5 Å². The van der Waals surface area contributed by atoms with E-state index in [1.54, 1.807) is 0 Å². The number of nitrogens with zero attached hydrogens (tertiary/aromatic N) is 2. The molecule has 0 spiro atoms. The summed E-state index contributed by atoms with van der Waals surface area (Å²) in [5.74, 6) is 0.139. The van der Waals surface area contributed by atoms with Gasteiger partial charge in [0.05, 0.1) is 17.7 Å². The van der Waals surface area contributed by atoms with Gasteiger partial charge in [0.15, 0.2) is 0 Å². The first kappa shape index (κ1) is 13.7. The van der Waals surface area contributed by atoms with Crippen molar-refractivity contribution in [2.45, 2.75) is 24.3 Å². The van der Waals surface area contributed by atoms with Gasteiger partial charge in [0.1, 0.15) is 4.90 Å². The molecule has 1 saturated heterocycles. The molecule has 0 bridgehead atoms. The van der Waals surface area contributed by atoms with E-state index < -0.39 is 10.0 Å². The number of hydrogen-bond acceptors (Lipinski definition) is 4. The Morgan fingerprint density at radius 1 is 1.61 bits per heavy atom. The van der Waals surface area contributed by atoms with Gasteiger partial charge in [0.2, 0.25) is 10.0 Å². The van der Waals surface area contributed by atoms with Crippen LogP contribution in [0.4, 0.5) is 0 Å². The monoisotopic (exact) mass is 290 g/mol. The summed E-state index contributed by atoms with van der Waals surface area (Å²) < 4.78 is 26.2. The molecular formula is C11H15ClN2O3S. The maximum absolute atomic E-state index is 12.5. The number of rotatable bonds is 3. The second-order valence-electron chi connectivity index (χ2n) is 4.44. The highest BCUT2D eigenvalue weighted by atomic mass is 35.5. The van der Waals surface area contributed by atoms with Crippen molar-refractivity contribution in [3.63, 3.8) is 0 Å². The van der Waals surface area contributed by atoms with Gasteiger partial charge in [-0.3, -0.25) is 4.98 Å². The second-order valence-corrected chi connectivity index (χ2v) is 6.70. The standard InChI is InChI=1S/C11H15ClN2O3S/c1-8-3-5-14(10(8)7-15)18(16,17)11-6-13-4-2-9(11)12/h2,4,6,8,10,15H,3,5,7H2,1H3. The molecule has 1 fully saturated rings. The lowest BCUT2D eigenvalue weighted by Crippen LogP contribution is -2.39. The molecule has 100 valence electrons. The topological polar surface area (TPSA) is 70.5 Å². The van der Waals surface area contributed by atoms with Crippen molar-refractivity contribution in [2.24, 2.45) is 5.92 Å². The Hall–Kier alpha value is -0.690. The van der Waals surface area contributed by atoms with Crippen LogP contribution in [0.15, 0.2) is 23.4 Å². The number of halogens is 1. The normalized spacial score (nSPS) is 25.5. The fourth-order valence-corrected chi connectivity index (χ4v) is 4.36. The first-order valence-electron chi connectivity index (χ1n) is 5.70. The Labute approximate surface area is 111 Å². The van der Waals surface area contributed by atoms with Crippen LogP contribution < -0.4 is 0 Å². The first-order chi connectivity index (χ1) is 8.48. The summed E-state index contributed by atoms with van der Waals surface area (Å²) in [7, 11) is -3.68. The Morgan fingerprint density at radius 3 is 2.94 bits per heavy atom. The molecule has 5 nitrogen and oxygen atoms in total. The quantitative estimate of drug-likeness (QED) is 0.906. The Balaban J connectivity index is 2.41. The van der Waals surface area contributed by atoms with Gasteiger partial charge in [-0.25, -0.2) is 8.42 Å². The van der Waals surface area contributed by atoms with Gasteiger partial charge in [-0.1, -0.05) is 18.5 Å². The number of aromatic nitrogens is 1. The fraction of sp³-hybridized carbons (Fsp3) is 0.545. The second kappa shape index (κ2) is 5.13. The SMILES string of the molecule is CC1CCN(S(=O)(=O)c2cnccc2Cl)C1CO. The molecule has 2 atom stereocenters. The zero-order valence-corrected chi connectivity index (χ0v) is 11.5. The van der Waals surface area contributed by atoms with Gasteiger partial charge in [-0.2, -0.15) is 4.31 Å². The summed E-state index contributed by atoms with van der Waals surface area (Å²) >= 11 is 5.91. The largest absolute Gasteiger partial charge is 0.395 e. The van der Waals surface area contributed by atoms with E-state index in [9.17, 15) is 13.5 Å². The van der Waals surface area contributed by atoms with Gasteiger partial charge in [0, 0.05) is 18.9 Å². The molecule has 2 rings (SSSR count). The summed E-state index contributed by atoms with van der Waals surface area (Å²) in [5, 5.41) is 9.49. The van der Waals surface area contributed by atoms with Crippen molar-refractivity contribution >= 4 is 21.6 Å². The Bertz CT molecular complexity index is 535. The van der Waals surface area contributed by atoms with E-state index in [4.69, 9.17) is 11.6 Å². The van der Waals surface area contributed by atoms with E-state index in [0.29, 0.717) is 6.54 Å². The average molecular weight is 291 g/mol. The van der Waals surface area contributed by atoms with Crippen LogP contribution in [0.2, 0.25) is 5.02 Å². The van der Waals surface area contributed by atoms with Gasteiger partial charge in [0.25, 0.3) is 0 Å². The minimum absolute atomic E-state index is 0.000725. The van der Waals surface area contributed by atoms with Gasteiger partial charge >= 0.3 is 0 Å². The van der Waals surface area contributed by atoms with Crippen LogP contribution in [-0.4, -0.2) is 42.0 Å². The van der Waals surface area contributed by atoms with Crippen molar-refractivity contribution in [1.29, 1.82) is 0 Å². The highest BCUT2D eigenvalue weighted by molar-refractivity contribution is 7.89. The molecule has 2 heterocycles. The molecule has 7 heteroatoms. The molecule has 2 unspecified atom stereocenters. The zero-order valence-electron chi connectivity index (χ0n) is 9.95. The van der Waals surface area contributed by atoms with E-state index in [1.807, 2.05) is 6.92 Å². The summed E-state index contributed by atoms with van der Waals surface area (Å²) in [4.78, 5) is 3.80. The number of aliphatic hydroxyl groups is 1. The molecule has 0 amide bonds. The molecular weight excluding hydrogens is 276 g/mol. The van der Waals surface area contributed by atoms with Crippen molar-refractivity contribution < 1.29 is 13.5 Å². The van der Waals surface area contributed by atoms with Crippen LogP contribution in [0.1, 0.15) is 13.3 Å². The molecule has 1 aromatic rings. The molecule has 0 radical (unpaired) electrons. The van der Waals surface area contributed by atoms with Crippen LogP contribution in [0.25, 0.3) is 0 Å². The van der Waals surface area contributed by atoms with Crippen molar-refractivity contribution in [1.82, 2.24) is 9.29 Å². The molecule has 0 aliphatic carbocycles. The summed E-state index contributed by atoms with van der Waals surface area (Å²) in [6.45, 7) is 2.15. The highest BCUT2D eigenvalue weighted by Crippen LogP contribution is 2.31. The molecule has 1 aliphatic rings. The van der Waals surface area contributed by atoms with Gasteiger partial charge in [-0.15, -0.1) is 0 Å². The minimum Gasteiger partial charge on any atom is -0.395 e. The van der Waals surface area contributed by atoms with Crippen LogP contribution in [0.3, 0.4) is 0 Å². The zero-order chi connectivity index (χ0) is 13.3. The van der Waals surface area contributed by atoms with Gasteiger partial charge < -0.3 is 5.11 Å². The van der Waals surface area contributed by atoms with E-state index in [2.05, 4.69) is 4.98 Å². The minimum atomic E-state index is -3.68. The third-order valence-corrected chi connectivity index (χ3v) is 5.73. The Kier molecular flexibility index (Phi) is 3.91. The molecule has 0 saturated carbocycles. The number of hydrogen-bond donors (Lipinski definition) is 1. The van der Waals surface area contributed by atoms with Crippen molar-refractivity contribution in [2.75, 3.05) is 13.2 Å². The van der Waals surface area contributed by atoms with E-state index >= 15 is 0 Å². The summed E-state index contributed by atoms with van der Waals surface area (Å²) in [6, 6.07) is 1.06. The predicted octanol–water partition coefficient (Wildman–Crippen LogP) is 1.13. The maximum atomic E-state index is 12.5. The lowest BCUT2D eigenvalue weighted by Gasteiger charge is -2.24. The van der Waals surface area contributed by atoms with Crippen molar-refractivity contribution in [3.8, 4) is 0 Å². The van der Waals surface area contributed by atoms with Crippen LogP contribution >= 0.6 is 11.6 Å². The first-order valence-corrected chi connectivity index (χ1v) is 7.52. The van der Waals surface area contributed by atoms with Gasteiger partial charge in [-0.05, 0) is 18.4 Å².